The molecule has 0 bridgehead atoms. The lowest BCUT2D eigenvalue weighted by atomic mass is 9.77. The van der Waals surface area contributed by atoms with Crippen LogP contribution in [0.1, 0.15) is 34.1 Å². The Morgan fingerprint density at radius 1 is 1.18 bits per heavy atom. The molecule has 116 valence electrons. The number of aromatic nitrogens is 3. The summed E-state index contributed by atoms with van der Waals surface area (Å²) < 4.78 is 0. The Labute approximate surface area is 135 Å². The molecule has 1 heterocycles. The third-order valence-corrected chi connectivity index (χ3v) is 4.14. The van der Waals surface area contributed by atoms with Gasteiger partial charge in [0.05, 0.1) is 4.87 Å². The summed E-state index contributed by atoms with van der Waals surface area (Å²) in [5.74, 6) is 0.228. The first-order valence-electron chi connectivity index (χ1n) is 7.35. The minimum absolute atomic E-state index is 0.174. The van der Waals surface area contributed by atoms with Crippen LogP contribution in [0.15, 0.2) is 41.7 Å². The van der Waals surface area contributed by atoms with Crippen molar-refractivity contribution in [2.75, 3.05) is 0 Å². The van der Waals surface area contributed by atoms with Gasteiger partial charge >= 0.3 is 0 Å². The van der Waals surface area contributed by atoms with Crippen LogP contribution in [0.2, 0.25) is 0 Å². The summed E-state index contributed by atoms with van der Waals surface area (Å²) in [6, 6.07) is 7.62. The van der Waals surface area contributed by atoms with E-state index in [1.165, 1.54) is 4.80 Å². The summed E-state index contributed by atoms with van der Waals surface area (Å²) in [5, 5.41) is 19.6. The molecule has 22 heavy (non-hydrogen) atoms. The summed E-state index contributed by atoms with van der Waals surface area (Å²) in [7, 11) is 0. The van der Waals surface area contributed by atoms with Crippen molar-refractivity contribution in [3.05, 3.63) is 41.7 Å². The quantitative estimate of drug-likeness (QED) is 0.786. The number of rotatable bonds is 1. The molecule has 1 atom stereocenters. The summed E-state index contributed by atoms with van der Waals surface area (Å²) in [6.45, 7) is 8.15. The van der Waals surface area contributed by atoms with Gasteiger partial charge in [-0.15, -0.1) is 26.6 Å². The molecule has 1 aromatic heterocycles. The van der Waals surface area contributed by atoms with E-state index in [4.69, 9.17) is 11.6 Å². The lowest BCUT2D eigenvalue weighted by Crippen LogP contribution is -2.28. The largest absolute Gasteiger partial charge is 0.506 e. The van der Waals surface area contributed by atoms with Crippen LogP contribution in [0, 0.1) is 5.41 Å². The van der Waals surface area contributed by atoms with Crippen molar-refractivity contribution < 1.29 is 5.11 Å². The molecule has 0 spiro atoms. The first kappa shape index (κ1) is 15.1. The molecule has 0 saturated heterocycles. The molecular formula is C17H20ClN3O. The summed E-state index contributed by atoms with van der Waals surface area (Å²) in [6.07, 6.45) is 2.44. The summed E-state index contributed by atoms with van der Waals surface area (Å²) in [4.78, 5) is 0.912. The van der Waals surface area contributed by atoms with E-state index in [1.807, 2.05) is 37.3 Å². The van der Waals surface area contributed by atoms with Crippen molar-refractivity contribution in [1.29, 1.82) is 0 Å². The van der Waals surface area contributed by atoms with E-state index in [9.17, 15) is 5.11 Å². The molecule has 0 aliphatic heterocycles. The van der Waals surface area contributed by atoms with Crippen LogP contribution in [0.4, 0.5) is 0 Å². The maximum absolute atomic E-state index is 10.7. The topological polar surface area (TPSA) is 50.9 Å². The molecule has 1 unspecified atom stereocenters. The number of alkyl halides is 1. The third kappa shape index (κ3) is 2.63. The lowest BCUT2D eigenvalue weighted by molar-refractivity contribution is 0.367. The van der Waals surface area contributed by atoms with Crippen LogP contribution in [0.3, 0.4) is 0 Å². The molecule has 1 aliphatic carbocycles. The van der Waals surface area contributed by atoms with Gasteiger partial charge in [0.25, 0.3) is 0 Å². The molecule has 1 aromatic carbocycles. The highest BCUT2D eigenvalue weighted by Gasteiger charge is 2.35. The highest BCUT2D eigenvalue weighted by atomic mass is 35.5. The van der Waals surface area contributed by atoms with Crippen LogP contribution >= 0.6 is 11.6 Å². The van der Waals surface area contributed by atoms with Crippen LogP contribution in [0.5, 0.6) is 0 Å². The first-order valence-corrected chi connectivity index (χ1v) is 7.72. The number of aliphatic hydroxyl groups excluding tert-OH is 1. The van der Waals surface area contributed by atoms with E-state index < -0.39 is 4.87 Å². The second-order valence-corrected chi connectivity index (χ2v) is 7.90. The zero-order valence-electron chi connectivity index (χ0n) is 13.3. The Kier molecular flexibility index (Phi) is 3.33. The molecule has 0 fully saturated rings. The van der Waals surface area contributed by atoms with Gasteiger partial charge in [-0.05, 0) is 42.5 Å². The first-order chi connectivity index (χ1) is 10.2. The molecule has 3 rings (SSSR count). The third-order valence-electron chi connectivity index (χ3n) is 3.90. The normalized spacial score (nSPS) is 23.0. The molecule has 0 radical (unpaired) electrons. The van der Waals surface area contributed by atoms with Crippen LogP contribution in [-0.2, 0) is 0 Å². The van der Waals surface area contributed by atoms with Crippen molar-refractivity contribution in [2.24, 2.45) is 5.41 Å². The predicted molar refractivity (Wildman–Crippen MR) is 89.8 cm³/mol. The van der Waals surface area contributed by atoms with Crippen LogP contribution < -0.4 is 0 Å². The number of fused-ring (bicyclic) bond motifs is 1. The van der Waals surface area contributed by atoms with Crippen molar-refractivity contribution in [3.63, 3.8) is 0 Å². The molecule has 1 N–H and O–H groups in total. The molecule has 1 aliphatic rings. The number of aliphatic hydroxyl groups is 1. The maximum Gasteiger partial charge on any atom is 0.142 e. The maximum atomic E-state index is 10.7. The Morgan fingerprint density at radius 2 is 1.73 bits per heavy atom. The van der Waals surface area contributed by atoms with Crippen molar-refractivity contribution in [3.8, 4) is 0 Å². The van der Waals surface area contributed by atoms with Gasteiger partial charge in [0, 0.05) is 0 Å². The monoisotopic (exact) mass is 317 g/mol. The van der Waals surface area contributed by atoms with Crippen LogP contribution in [0.25, 0.3) is 16.7 Å². The van der Waals surface area contributed by atoms with Gasteiger partial charge in [-0.2, -0.15) is 0 Å². The number of nitrogens with zero attached hydrogens (tertiary/aromatic N) is 3. The van der Waals surface area contributed by atoms with Crippen molar-refractivity contribution >= 4 is 28.3 Å². The minimum atomic E-state index is -0.565. The average molecular weight is 318 g/mol. The van der Waals surface area contributed by atoms with Gasteiger partial charge in [0.15, 0.2) is 0 Å². The van der Waals surface area contributed by atoms with Crippen LogP contribution in [-0.4, -0.2) is 25.0 Å². The number of benzene rings is 1. The molecule has 5 heteroatoms. The highest BCUT2D eigenvalue weighted by molar-refractivity contribution is 6.25. The van der Waals surface area contributed by atoms with Gasteiger partial charge in [-0.1, -0.05) is 32.9 Å². The fourth-order valence-electron chi connectivity index (χ4n) is 2.73. The van der Waals surface area contributed by atoms with Gasteiger partial charge in [0.2, 0.25) is 0 Å². The smallest absolute Gasteiger partial charge is 0.142 e. The summed E-state index contributed by atoms with van der Waals surface area (Å²) in [5.41, 5.74) is 2.87. The van der Waals surface area contributed by atoms with Gasteiger partial charge in [-0.25, -0.2) is 0 Å². The Morgan fingerprint density at radius 3 is 2.23 bits per heavy atom. The molecular weight excluding hydrogens is 298 g/mol. The molecule has 0 saturated carbocycles. The lowest BCUT2D eigenvalue weighted by Gasteiger charge is -2.33. The van der Waals surface area contributed by atoms with Crippen molar-refractivity contribution in [2.45, 2.75) is 39.0 Å². The second-order valence-electron chi connectivity index (χ2n) is 7.04. The summed E-state index contributed by atoms with van der Waals surface area (Å²) >= 11 is 6.59. The SMILES string of the molecule is CC1(Cl)C=C(n2nc3ccccc3n2)C(O)=C(C(C)(C)C)C1. The van der Waals surface area contributed by atoms with E-state index >= 15 is 0 Å². The zero-order valence-corrected chi connectivity index (χ0v) is 14.0. The number of allylic oxidation sites excluding steroid dienone is 3. The fraction of sp³-hybridized carbons (Fsp3) is 0.412. The molecule has 2 aromatic rings. The second kappa shape index (κ2) is 4.85. The van der Waals surface area contributed by atoms with Gasteiger partial charge in [-0.3, -0.25) is 0 Å². The van der Waals surface area contributed by atoms with E-state index in [0.717, 1.165) is 16.6 Å². The van der Waals surface area contributed by atoms with E-state index in [1.54, 1.807) is 0 Å². The van der Waals surface area contributed by atoms with Gasteiger partial charge < -0.3 is 5.11 Å². The van der Waals surface area contributed by atoms with E-state index in [2.05, 4.69) is 31.0 Å². The van der Waals surface area contributed by atoms with Crippen molar-refractivity contribution in [1.82, 2.24) is 15.0 Å². The zero-order chi connectivity index (χ0) is 16.1. The molecule has 0 amide bonds. The Hall–Kier alpha value is -1.81. The number of halogens is 1. The standard InChI is InChI=1S/C17H20ClN3O/c1-16(2,3)11-9-17(4,18)10-14(15(11)22)21-19-12-7-5-6-8-13(12)20-21/h5-8,10,22H,9H2,1-4H3. The predicted octanol–water partition coefficient (Wildman–Crippen LogP) is 4.53. The average Bonchev–Trinajstić information content (AvgIpc) is 2.83. The Bertz CT molecular complexity index is 761. The Balaban J connectivity index is 2.18. The van der Waals surface area contributed by atoms with E-state index in [0.29, 0.717) is 12.1 Å². The number of hydrogen-bond acceptors (Lipinski definition) is 3. The minimum Gasteiger partial charge on any atom is -0.506 e. The number of hydrogen-bond donors (Lipinski definition) is 1. The van der Waals surface area contributed by atoms with Gasteiger partial charge in [0.1, 0.15) is 22.5 Å². The molecule has 4 nitrogen and oxygen atoms in total. The van der Waals surface area contributed by atoms with E-state index in [-0.39, 0.29) is 11.2 Å². The fourth-order valence-corrected chi connectivity index (χ4v) is 2.97. The highest BCUT2D eigenvalue weighted by Crippen LogP contribution is 2.43.